The van der Waals surface area contributed by atoms with Crippen LogP contribution in [0.15, 0.2) is 33.8 Å². The van der Waals surface area contributed by atoms with Gasteiger partial charge in [-0.1, -0.05) is 12.1 Å². The lowest BCUT2D eigenvalue weighted by Gasteiger charge is -2.08. The van der Waals surface area contributed by atoms with E-state index in [2.05, 4.69) is 25.6 Å². The van der Waals surface area contributed by atoms with E-state index in [1.54, 1.807) is 31.2 Å². The Balaban J connectivity index is 1.96. The second-order valence-electron chi connectivity index (χ2n) is 5.11. The van der Waals surface area contributed by atoms with Crippen molar-refractivity contribution in [3.8, 4) is 0 Å². The fourth-order valence-corrected chi connectivity index (χ4v) is 2.15. The summed E-state index contributed by atoms with van der Waals surface area (Å²) in [5.41, 5.74) is 3.77. The maximum Gasteiger partial charge on any atom is 0.360 e. The summed E-state index contributed by atoms with van der Waals surface area (Å²) in [6.45, 7) is 1.90. The highest BCUT2D eigenvalue weighted by atomic mass is 16.5. The number of amides is 1. The highest BCUT2D eigenvalue weighted by Gasteiger charge is 2.17. The number of aryl methyl sites for hydroxylation is 1. The predicted octanol–water partition coefficient (Wildman–Crippen LogP) is 1.79. The number of hydrogen-bond acceptors (Lipinski definition) is 8. The lowest BCUT2D eigenvalue weighted by atomic mass is 10.1. The Morgan fingerprint density at radius 2 is 2.15 bits per heavy atom. The molecule has 0 saturated heterocycles. The summed E-state index contributed by atoms with van der Waals surface area (Å²) in [5.74, 6) is -0.149. The van der Waals surface area contributed by atoms with E-state index in [-0.39, 0.29) is 18.1 Å². The highest BCUT2D eigenvalue weighted by molar-refractivity contribution is 6.14. The molecule has 2 rings (SSSR count). The number of benzene rings is 1. The largest absolute Gasteiger partial charge is 0.464 e. The zero-order valence-corrected chi connectivity index (χ0v) is 14.4. The normalized spacial score (nSPS) is 10.5. The standard InChI is InChI=1S/C17H19N5O4/c1-11-15(17(24)25-2)21-14(26-11)7-9-19-16(23)12-5-3-4-6-13(12)22-20-10-8-18/h3-6,8,10,18,22H,7,9H2,1-2H3,(H,19,23)/b18-8?,20-10-. The molecule has 136 valence electrons. The van der Waals surface area contributed by atoms with E-state index < -0.39 is 5.97 Å². The molecule has 0 aliphatic carbocycles. The number of carbonyl (C=O) groups excluding carboxylic acids is 2. The smallest absolute Gasteiger partial charge is 0.360 e. The Morgan fingerprint density at radius 3 is 2.88 bits per heavy atom. The van der Waals surface area contributed by atoms with Crippen LogP contribution in [0.1, 0.15) is 32.5 Å². The first-order valence-electron chi connectivity index (χ1n) is 7.76. The van der Waals surface area contributed by atoms with Crippen molar-refractivity contribution in [3.63, 3.8) is 0 Å². The number of ether oxygens (including phenoxy) is 1. The van der Waals surface area contributed by atoms with Crippen molar-refractivity contribution in [1.82, 2.24) is 10.3 Å². The SMILES string of the molecule is COC(=O)c1nc(CCNC(=O)c2ccccc2N/N=C\C=N)oc1C. The quantitative estimate of drug-likeness (QED) is 0.375. The van der Waals surface area contributed by atoms with E-state index >= 15 is 0 Å². The molecule has 0 bridgehead atoms. The summed E-state index contributed by atoms with van der Waals surface area (Å²) in [5, 5.41) is 13.5. The number of para-hydroxylation sites is 1. The lowest BCUT2D eigenvalue weighted by Crippen LogP contribution is -2.26. The van der Waals surface area contributed by atoms with E-state index in [1.165, 1.54) is 13.3 Å². The summed E-state index contributed by atoms with van der Waals surface area (Å²) >= 11 is 0. The molecule has 26 heavy (non-hydrogen) atoms. The molecule has 0 spiro atoms. The van der Waals surface area contributed by atoms with Crippen LogP contribution in [-0.2, 0) is 11.2 Å². The molecule has 0 atom stereocenters. The maximum absolute atomic E-state index is 12.3. The predicted molar refractivity (Wildman–Crippen MR) is 96.0 cm³/mol. The van der Waals surface area contributed by atoms with Gasteiger partial charge in [-0.2, -0.15) is 5.10 Å². The number of nitrogens with one attached hydrogen (secondary N) is 3. The van der Waals surface area contributed by atoms with Crippen molar-refractivity contribution in [2.45, 2.75) is 13.3 Å². The number of nitrogens with zero attached hydrogens (tertiary/aromatic N) is 2. The van der Waals surface area contributed by atoms with Gasteiger partial charge in [-0.05, 0) is 19.1 Å². The first-order chi connectivity index (χ1) is 12.6. The Kier molecular flexibility index (Phi) is 6.60. The number of hydrazone groups is 1. The van der Waals surface area contributed by atoms with Gasteiger partial charge in [-0.3, -0.25) is 10.2 Å². The fourth-order valence-electron chi connectivity index (χ4n) is 2.15. The van der Waals surface area contributed by atoms with Gasteiger partial charge in [0.05, 0.1) is 24.6 Å². The summed E-state index contributed by atoms with van der Waals surface area (Å²) in [7, 11) is 1.27. The minimum Gasteiger partial charge on any atom is -0.464 e. The zero-order valence-electron chi connectivity index (χ0n) is 14.4. The molecule has 3 N–H and O–H groups in total. The van der Waals surface area contributed by atoms with E-state index in [4.69, 9.17) is 9.83 Å². The van der Waals surface area contributed by atoms with Gasteiger partial charge >= 0.3 is 5.97 Å². The Bertz CT molecular complexity index is 828. The van der Waals surface area contributed by atoms with E-state index in [1.807, 2.05) is 0 Å². The molecule has 1 heterocycles. The number of rotatable bonds is 8. The third-order valence-corrected chi connectivity index (χ3v) is 3.35. The number of methoxy groups -OCH3 is 1. The molecule has 1 aromatic carbocycles. The van der Waals surface area contributed by atoms with Gasteiger partial charge in [0.25, 0.3) is 5.91 Å². The fraction of sp³-hybridized carbons (Fsp3) is 0.235. The minimum atomic E-state index is -0.563. The Labute approximate surface area is 150 Å². The summed E-state index contributed by atoms with van der Waals surface area (Å²) in [6, 6.07) is 6.86. The van der Waals surface area contributed by atoms with Crippen molar-refractivity contribution in [1.29, 1.82) is 5.41 Å². The molecule has 0 unspecified atom stereocenters. The van der Waals surface area contributed by atoms with Gasteiger partial charge < -0.3 is 19.9 Å². The van der Waals surface area contributed by atoms with Gasteiger partial charge in [0.2, 0.25) is 0 Å². The summed E-state index contributed by atoms with van der Waals surface area (Å²) in [4.78, 5) is 27.9. The number of esters is 1. The van der Waals surface area contributed by atoms with Gasteiger partial charge in [0.15, 0.2) is 11.6 Å². The van der Waals surface area contributed by atoms with E-state index in [0.717, 1.165) is 6.21 Å². The van der Waals surface area contributed by atoms with Gasteiger partial charge in [-0.15, -0.1) is 0 Å². The molecule has 0 aliphatic rings. The third kappa shape index (κ3) is 4.76. The van der Waals surface area contributed by atoms with Crippen LogP contribution in [0.3, 0.4) is 0 Å². The van der Waals surface area contributed by atoms with Crippen molar-refractivity contribution >= 4 is 30.0 Å². The number of oxazole rings is 1. The maximum atomic E-state index is 12.3. The monoisotopic (exact) mass is 357 g/mol. The Morgan fingerprint density at radius 1 is 1.38 bits per heavy atom. The summed E-state index contributed by atoms with van der Waals surface area (Å²) < 4.78 is 10.0. The second-order valence-corrected chi connectivity index (χ2v) is 5.11. The first-order valence-corrected chi connectivity index (χ1v) is 7.76. The van der Waals surface area contributed by atoms with Gasteiger partial charge in [0, 0.05) is 19.2 Å². The molecule has 0 aliphatic heterocycles. The lowest BCUT2D eigenvalue weighted by molar-refractivity contribution is 0.0592. The molecular weight excluding hydrogens is 338 g/mol. The molecule has 0 saturated carbocycles. The first kappa shape index (κ1) is 18.8. The van der Waals surface area contributed by atoms with Crippen molar-refractivity contribution in [3.05, 3.63) is 47.2 Å². The number of anilines is 1. The molecule has 0 radical (unpaired) electrons. The molecule has 2 aromatic rings. The van der Waals surface area contributed by atoms with Crippen LogP contribution in [0.4, 0.5) is 5.69 Å². The van der Waals surface area contributed by atoms with Crippen molar-refractivity contribution in [2.75, 3.05) is 19.1 Å². The molecule has 9 nitrogen and oxygen atoms in total. The van der Waals surface area contributed by atoms with Crippen LogP contribution >= 0.6 is 0 Å². The van der Waals surface area contributed by atoms with Crippen molar-refractivity contribution in [2.24, 2.45) is 5.10 Å². The van der Waals surface area contributed by atoms with E-state index in [9.17, 15) is 9.59 Å². The number of hydrogen-bond donors (Lipinski definition) is 3. The summed E-state index contributed by atoms with van der Waals surface area (Å²) in [6.07, 6.45) is 2.61. The number of carbonyl (C=O) groups is 2. The van der Waals surface area contributed by atoms with E-state index in [0.29, 0.717) is 29.3 Å². The average molecular weight is 357 g/mol. The highest BCUT2D eigenvalue weighted by Crippen LogP contribution is 2.15. The van der Waals surface area contributed by atoms with Crippen LogP contribution < -0.4 is 10.7 Å². The second kappa shape index (κ2) is 9.11. The Hall–Kier alpha value is -3.49. The van der Waals surface area contributed by atoms with Crippen LogP contribution in [-0.4, -0.2) is 42.9 Å². The third-order valence-electron chi connectivity index (χ3n) is 3.35. The van der Waals surface area contributed by atoms with Crippen LogP contribution in [0.2, 0.25) is 0 Å². The zero-order chi connectivity index (χ0) is 18.9. The number of aromatic nitrogens is 1. The molecular formula is C17H19N5O4. The minimum absolute atomic E-state index is 0.132. The van der Waals surface area contributed by atoms with Crippen LogP contribution in [0.25, 0.3) is 0 Å². The molecule has 9 heteroatoms. The van der Waals surface area contributed by atoms with Gasteiger partial charge in [0.1, 0.15) is 5.76 Å². The van der Waals surface area contributed by atoms with Crippen LogP contribution in [0, 0.1) is 12.3 Å². The van der Waals surface area contributed by atoms with Crippen molar-refractivity contribution < 1.29 is 18.7 Å². The average Bonchev–Trinajstić information content (AvgIpc) is 3.02. The topological polar surface area (TPSA) is 130 Å². The molecule has 0 fully saturated rings. The molecule has 1 aromatic heterocycles. The van der Waals surface area contributed by atoms with Gasteiger partial charge in [-0.25, -0.2) is 9.78 Å². The van der Waals surface area contributed by atoms with Crippen LogP contribution in [0.5, 0.6) is 0 Å². The molecule has 1 amide bonds.